The Morgan fingerprint density at radius 1 is 1.50 bits per heavy atom. The van der Waals surface area contributed by atoms with Gasteiger partial charge in [0.1, 0.15) is 5.75 Å². The van der Waals surface area contributed by atoms with E-state index < -0.39 is 0 Å². The zero-order chi connectivity index (χ0) is 10.1. The summed E-state index contributed by atoms with van der Waals surface area (Å²) in [7, 11) is 0. The third-order valence-electron chi connectivity index (χ3n) is 2.62. The predicted octanol–water partition coefficient (Wildman–Crippen LogP) is 2.82. The van der Waals surface area contributed by atoms with Gasteiger partial charge in [0.15, 0.2) is 0 Å². The summed E-state index contributed by atoms with van der Waals surface area (Å²) in [6.45, 7) is 2.76. The van der Waals surface area contributed by atoms with E-state index in [-0.39, 0.29) is 6.04 Å². The highest BCUT2D eigenvalue weighted by Crippen LogP contribution is 2.37. The first-order chi connectivity index (χ1) is 6.70. The van der Waals surface area contributed by atoms with Crippen LogP contribution in [-0.4, -0.2) is 6.61 Å². The molecule has 0 saturated carbocycles. The van der Waals surface area contributed by atoms with E-state index in [1.807, 2.05) is 19.1 Å². The van der Waals surface area contributed by atoms with E-state index in [2.05, 4.69) is 0 Å². The van der Waals surface area contributed by atoms with E-state index in [0.29, 0.717) is 0 Å². The molecule has 1 heterocycles. The number of benzene rings is 1. The largest absolute Gasteiger partial charge is 0.493 e. The van der Waals surface area contributed by atoms with Crippen molar-refractivity contribution in [2.24, 2.45) is 5.73 Å². The molecular weight excluding hydrogens is 198 g/mol. The maximum absolute atomic E-state index is 6.12. The summed E-state index contributed by atoms with van der Waals surface area (Å²) in [5.41, 5.74) is 8.14. The van der Waals surface area contributed by atoms with Crippen molar-refractivity contribution in [1.29, 1.82) is 0 Å². The lowest BCUT2D eigenvalue weighted by molar-refractivity contribution is 0.314. The lowest BCUT2D eigenvalue weighted by Gasteiger charge is -2.15. The van der Waals surface area contributed by atoms with E-state index in [1.165, 1.54) is 0 Å². The molecule has 0 spiro atoms. The summed E-state index contributed by atoms with van der Waals surface area (Å²) in [5.74, 6) is 0.891. The van der Waals surface area contributed by atoms with Gasteiger partial charge >= 0.3 is 0 Å². The van der Waals surface area contributed by atoms with Crippen LogP contribution in [0, 0.1) is 6.92 Å². The predicted molar refractivity (Wildman–Crippen MR) is 57.8 cm³/mol. The van der Waals surface area contributed by atoms with Gasteiger partial charge in [0.2, 0.25) is 0 Å². The van der Waals surface area contributed by atoms with Crippen LogP contribution in [0.3, 0.4) is 0 Å². The van der Waals surface area contributed by atoms with E-state index in [0.717, 1.165) is 41.3 Å². The van der Waals surface area contributed by atoms with Crippen molar-refractivity contribution >= 4 is 11.6 Å². The van der Waals surface area contributed by atoms with Crippen LogP contribution in [0.2, 0.25) is 5.02 Å². The Labute approximate surface area is 89.0 Å². The Balaban J connectivity index is 2.57. The molecule has 2 nitrogen and oxygen atoms in total. The van der Waals surface area contributed by atoms with Gasteiger partial charge in [-0.1, -0.05) is 17.7 Å². The molecule has 2 N–H and O–H groups in total. The van der Waals surface area contributed by atoms with E-state index in [9.17, 15) is 0 Å². The van der Waals surface area contributed by atoms with Crippen LogP contribution in [0.5, 0.6) is 5.75 Å². The molecular formula is C11H14ClNO. The normalized spacial score (nSPS) is 20.9. The quantitative estimate of drug-likeness (QED) is 0.716. The fourth-order valence-electron chi connectivity index (χ4n) is 1.84. The van der Waals surface area contributed by atoms with Crippen molar-refractivity contribution in [1.82, 2.24) is 0 Å². The summed E-state index contributed by atoms with van der Waals surface area (Å²) in [4.78, 5) is 0. The zero-order valence-corrected chi connectivity index (χ0v) is 8.97. The summed E-state index contributed by atoms with van der Waals surface area (Å²) in [6, 6.07) is 3.88. The molecule has 0 bridgehead atoms. The highest BCUT2D eigenvalue weighted by molar-refractivity contribution is 6.31. The van der Waals surface area contributed by atoms with Crippen molar-refractivity contribution in [3.8, 4) is 5.75 Å². The SMILES string of the molecule is Cc1ccc(Cl)c2c1OCCCC2N. The van der Waals surface area contributed by atoms with Crippen molar-refractivity contribution < 1.29 is 4.74 Å². The molecule has 1 atom stereocenters. The van der Waals surface area contributed by atoms with E-state index in [1.54, 1.807) is 0 Å². The molecule has 2 rings (SSSR count). The number of aryl methyl sites for hydroxylation is 1. The second-order valence-corrected chi connectivity index (χ2v) is 4.11. The number of fused-ring (bicyclic) bond motifs is 1. The molecule has 1 aliphatic heterocycles. The molecule has 14 heavy (non-hydrogen) atoms. The van der Waals surface area contributed by atoms with Crippen LogP contribution < -0.4 is 10.5 Å². The van der Waals surface area contributed by atoms with Gasteiger partial charge in [0.05, 0.1) is 6.61 Å². The molecule has 0 aliphatic carbocycles. The number of ether oxygens (including phenoxy) is 1. The van der Waals surface area contributed by atoms with E-state index >= 15 is 0 Å². The van der Waals surface area contributed by atoms with Gasteiger partial charge in [0.25, 0.3) is 0 Å². The van der Waals surface area contributed by atoms with Crippen molar-refractivity contribution in [3.05, 3.63) is 28.3 Å². The first-order valence-electron chi connectivity index (χ1n) is 4.87. The smallest absolute Gasteiger partial charge is 0.128 e. The lowest BCUT2D eigenvalue weighted by atomic mass is 10.0. The molecule has 1 aliphatic rings. The minimum absolute atomic E-state index is 0.0138. The minimum Gasteiger partial charge on any atom is -0.493 e. The average molecular weight is 212 g/mol. The molecule has 0 aromatic heterocycles. The van der Waals surface area contributed by atoms with Crippen LogP contribution in [-0.2, 0) is 0 Å². The number of nitrogens with two attached hydrogens (primary N) is 1. The molecule has 0 amide bonds. The van der Waals surface area contributed by atoms with Gasteiger partial charge in [-0.3, -0.25) is 0 Å². The first kappa shape index (κ1) is 9.81. The standard InChI is InChI=1S/C11H14ClNO/c1-7-4-5-8(12)10-9(13)3-2-6-14-11(7)10/h4-5,9H,2-3,6,13H2,1H3. The topological polar surface area (TPSA) is 35.2 Å². The van der Waals surface area contributed by atoms with Crippen LogP contribution in [0.15, 0.2) is 12.1 Å². The third kappa shape index (κ3) is 1.60. The molecule has 0 fully saturated rings. The second-order valence-electron chi connectivity index (χ2n) is 3.70. The lowest BCUT2D eigenvalue weighted by Crippen LogP contribution is -2.10. The maximum atomic E-state index is 6.12. The van der Waals surface area contributed by atoms with Gasteiger partial charge in [-0.15, -0.1) is 0 Å². The van der Waals surface area contributed by atoms with Crippen LogP contribution in [0.1, 0.15) is 30.0 Å². The Kier molecular flexibility index (Phi) is 2.66. The number of hydrogen-bond acceptors (Lipinski definition) is 2. The van der Waals surface area contributed by atoms with Gasteiger partial charge in [-0.2, -0.15) is 0 Å². The average Bonchev–Trinajstić information content (AvgIpc) is 2.35. The van der Waals surface area contributed by atoms with Crippen molar-refractivity contribution in [3.63, 3.8) is 0 Å². The molecule has 76 valence electrons. The highest BCUT2D eigenvalue weighted by Gasteiger charge is 2.20. The molecule has 3 heteroatoms. The maximum Gasteiger partial charge on any atom is 0.128 e. The van der Waals surface area contributed by atoms with Crippen LogP contribution >= 0.6 is 11.6 Å². The fourth-order valence-corrected chi connectivity index (χ4v) is 2.13. The van der Waals surface area contributed by atoms with Crippen molar-refractivity contribution in [2.45, 2.75) is 25.8 Å². The van der Waals surface area contributed by atoms with Gasteiger partial charge in [0, 0.05) is 16.6 Å². The van der Waals surface area contributed by atoms with Gasteiger partial charge < -0.3 is 10.5 Å². The summed E-state index contributed by atoms with van der Waals surface area (Å²) in [5, 5.41) is 0.722. The van der Waals surface area contributed by atoms with Crippen LogP contribution in [0.4, 0.5) is 0 Å². The number of halogens is 1. The Morgan fingerprint density at radius 2 is 2.29 bits per heavy atom. The molecule has 1 aromatic carbocycles. The van der Waals surface area contributed by atoms with Crippen molar-refractivity contribution in [2.75, 3.05) is 6.61 Å². The van der Waals surface area contributed by atoms with Crippen LogP contribution in [0.25, 0.3) is 0 Å². The van der Waals surface area contributed by atoms with Gasteiger partial charge in [-0.25, -0.2) is 0 Å². The molecule has 1 unspecified atom stereocenters. The molecule has 1 aromatic rings. The van der Waals surface area contributed by atoms with Gasteiger partial charge in [-0.05, 0) is 31.4 Å². The Bertz CT molecular complexity index is 351. The summed E-state index contributed by atoms with van der Waals surface area (Å²) < 4.78 is 5.67. The summed E-state index contributed by atoms with van der Waals surface area (Å²) in [6.07, 6.45) is 1.93. The Hall–Kier alpha value is -0.730. The minimum atomic E-state index is 0.0138. The number of hydrogen-bond donors (Lipinski definition) is 1. The van der Waals surface area contributed by atoms with E-state index in [4.69, 9.17) is 22.1 Å². The summed E-state index contributed by atoms with van der Waals surface area (Å²) >= 11 is 6.12. The molecule has 0 radical (unpaired) electrons. The second kappa shape index (κ2) is 3.79. The highest BCUT2D eigenvalue weighted by atomic mass is 35.5. The zero-order valence-electron chi connectivity index (χ0n) is 8.22. The fraction of sp³-hybridized carbons (Fsp3) is 0.455. The first-order valence-corrected chi connectivity index (χ1v) is 5.25. The molecule has 0 saturated heterocycles. The number of rotatable bonds is 0. The Morgan fingerprint density at radius 3 is 3.07 bits per heavy atom. The monoisotopic (exact) mass is 211 g/mol. The third-order valence-corrected chi connectivity index (χ3v) is 2.95.